The van der Waals surface area contributed by atoms with Crippen molar-refractivity contribution in [1.82, 2.24) is 10.6 Å². The Labute approximate surface area is 84.4 Å². The summed E-state index contributed by atoms with van der Waals surface area (Å²) in [7, 11) is 0. The molecule has 0 aromatic rings. The number of nitrogens with two attached hydrogens (primary N) is 1. The first-order valence-corrected chi connectivity index (χ1v) is 4.71. The Morgan fingerprint density at radius 3 is 1.93 bits per heavy atom. The van der Waals surface area contributed by atoms with Gasteiger partial charge in [-0.25, -0.2) is 4.79 Å². The number of carbonyl (C=O) groups excluding carboxylic acids is 2. The van der Waals surface area contributed by atoms with E-state index in [-0.39, 0.29) is 11.7 Å². The fraction of sp³-hybridized carbons (Fsp3) is 0.778. The van der Waals surface area contributed by atoms with Crippen LogP contribution < -0.4 is 16.4 Å². The van der Waals surface area contributed by atoms with E-state index in [1.807, 2.05) is 0 Å². The molecule has 0 aliphatic heterocycles. The van der Waals surface area contributed by atoms with Crippen molar-refractivity contribution in [2.24, 2.45) is 11.7 Å². The number of Topliss-reactive ketones (excluding diaryl/α,β-unsaturated/α-hetero) is 1. The fourth-order valence-corrected chi connectivity index (χ4v) is 1.02. The summed E-state index contributed by atoms with van der Waals surface area (Å²) in [6.45, 7) is 6.89. The molecule has 0 radical (unpaired) electrons. The Bertz CT molecular complexity index is 214. The van der Waals surface area contributed by atoms with Gasteiger partial charge >= 0.3 is 6.03 Å². The van der Waals surface area contributed by atoms with Crippen molar-refractivity contribution >= 4 is 11.8 Å². The van der Waals surface area contributed by atoms with E-state index in [1.165, 1.54) is 0 Å². The first-order chi connectivity index (χ1) is 6.34. The maximum atomic E-state index is 11.4. The predicted octanol–water partition coefficient (Wildman–Crippen LogP) is 0.204. The van der Waals surface area contributed by atoms with Gasteiger partial charge in [-0.05, 0) is 13.8 Å². The van der Waals surface area contributed by atoms with Gasteiger partial charge in [0.25, 0.3) is 0 Å². The van der Waals surface area contributed by atoms with Crippen LogP contribution in [0.4, 0.5) is 4.79 Å². The summed E-state index contributed by atoms with van der Waals surface area (Å²) in [5, 5.41) is 4.96. The van der Waals surface area contributed by atoms with E-state index in [9.17, 15) is 9.59 Å². The number of urea groups is 1. The van der Waals surface area contributed by atoms with Gasteiger partial charge in [0.2, 0.25) is 0 Å². The van der Waals surface area contributed by atoms with Gasteiger partial charge < -0.3 is 16.4 Å². The molecule has 0 bridgehead atoms. The Morgan fingerprint density at radius 2 is 1.57 bits per heavy atom. The second kappa shape index (κ2) is 5.59. The van der Waals surface area contributed by atoms with Crippen LogP contribution in [0.5, 0.6) is 0 Å². The second-order valence-corrected chi connectivity index (χ2v) is 3.69. The van der Waals surface area contributed by atoms with Gasteiger partial charge in [0.15, 0.2) is 5.78 Å². The van der Waals surface area contributed by atoms with Gasteiger partial charge in [-0.15, -0.1) is 0 Å². The lowest BCUT2D eigenvalue weighted by atomic mass is 10.0. The van der Waals surface area contributed by atoms with Crippen LogP contribution in [0.2, 0.25) is 0 Å². The number of hydrogen-bond donors (Lipinski definition) is 3. The van der Waals surface area contributed by atoms with Crippen LogP contribution >= 0.6 is 0 Å². The quantitative estimate of drug-likeness (QED) is 0.568. The average Bonchev–Trinajstić information content (AvgIpc) is 2.00. The molecule has 0 saturated carbocycles. The zero-order chi connectivity index (χ0) is 11.3. The Morgan fingerprint density at radius 1 is 1.07 bits per heavy atom. The summed E-state index contributed by atoms with van der Waals surface area (Å²) in [4.78, 5) is 22.5. The van der Waals surface area contributed by atoms with E-state index in [4.69, 9.17) is 5.73 Å². The predicted molar refractivity (Wildman–Crippen MR) is 54.6 cm³/mol. The fourth-order valence-electron chi connectivity index (χ4n) is 1.02. The number of rotatable bonds is 4. The average molecular weight is 201 g/mol. The molecular weight excluding hydrogens is 182 g/mol. The van der Waals surface area contributed by atoms with E-state index in [0.29, 0.717) is 0 Å². The lowest BCUT2D eigenvalue weighted by Crippen LogP contribution is -2.50. The molecule has 0 aromatic carbocycles. The number of nitrogens with one attached hydrogen (secondary N) is 2. The van der Waals surface area contributed by atoms with E-state index < -0.39 is 18.2 Å². The molecule has 4 N–H and O–H groups in total. The van der Waals surface area contributed by atoms with Crippen molar-refractivity contribution in [2.75, 3.05) is 0 Å². The lowest BCUT2D eigenvalue weighted by Gasteiger charge is -2.16. The van der Waals surface area contributed by atoms with Crippen LogP contribution in [-0.2, 0) is 4.79 Å². The molecule has 14 heavy (non-hydrogen) atoms. The maximum Gasteiger partial charge on any atom is 0.316 e. The molecule has 2 atom stereocenters. The largest absolute Gasteiger partial charge is 0.329 e. The molecule has 0 rings (SSSR count). The highest BCUT2D eigenvalue weighted by atomic mass is 16.2. The SMILES string of the molecule is CC(C)C(=O)[C@H](C)NC(=O)N[C@H](C)N. The molecule has 82 valence electrons. The van der Waals surface area contributed by atoms with Crippen LogP contribution in [0.25, 0.3) is 0 Å². The van der Waals surface area contributed by atoms with Crippen LogP contribution in [0.1, 0.15) is 27.7 Å². The minimum Gasteiger partial charge on any atom is -0.329 e. The van der Waals surface area contributed by atoms with Gasteiger partial charge in [0, 0.05) is 5.92 Å². The van der Waals surface area contributed by atoms with Gasteiger partial charge in [0.1, 0.15) is 0 Å². The minimum atomic E-state index is -0.478. The normalized spacial score (nSPS) is 14.7. The Hall–Kier alpha value is -1.10. The highest BCUT2D eigenvalue weighted by Gasteiger charge is 2.18. The van der Waals surface area contributed by atoms with Crippen LogP contribution in [0, 0.1) is 5.92 Å². The van der Waals surface area contributed by atoms with E-state index >= 15 is 0 Å². The highest BCUT2D eigenvalue weighted by Crippen LogP contribution is 1.98. The van der Waals surface area contributed by atoms with Crippen LogP contribution in [0.15, 0.2) is 0 Å². The standard InChI is InChI=1S/C9H19N3O2/c1-5(2)8(13)6(3)11-9(14)12-7(4)10/h5-7H,10H2,1-4H3,(H2,11,12,14)/t6-,7+/m0/s1. The smallest absolute Gasteiger partial charge is 0.316 e. The molecule has 0 aromatic heterocycles. The monoisotopic (exact) mass is 201 g/mol. The molecular formula is C9H19N3O2. The third-order valence-electron chi connectivity index (χ3n) is 1.70. The number of amides is 2. The third kappa shape index (κ3) is 4.81. The molecule has 0 heterocycles. The van der Waals surface area contributed by atoms with Crippen molar-refractivity contribution in [2.45, 2.75) is 39.9 Å². The molecule has 0 aliphatic carbocycles. The molecule has 0 spiro atoms. The number of ketones is 1. The van der Waals surface area contributed by atoms with Gasteiger partial charge in [-0.2, -0.15) is 0 Å². The summed E-state index contributed by atoms with van der Waals surface area (Å²) in [6.07, 6.45) is -0.420. The van der Waals surface area contributed by atoms with E-state index in [2.05, 4.69) is 10.6 Å². The summed E-state index contributed by atoms with van der Waals surface area (Å²) in [6, 6.07) is -0.893. The van der Waals surface area contributed by atoms with E-state index in [1.54, 1.807) is 27.7 Å². The van der Waals surface area contributed by atoms with Gasteiger partial charge in [0.05, 0.1) is 12.2 Å². The molecule has 0 saturated heterocycles. The molecule has 5 nitrogen and oxygen atoms in total. The van der Waals surface area contributed by atoms with Crippen LogP contribution in [0.3, 0.4) is 0 Å². The third-order valence-corrected chi connectivity index (χ3v) is 1.70. The highest BCUT2D eigenvalue weighted by molar-refractivity contribution is 5.89. The van der Waals surface area contributed by atoms with Crippen molar-refractivity contribution in [3.8, 4) is 0 Å². The van der Waals surface area contributed by atoms with Crippen LogP contribution in [-0.4, -0.2) is 24.0 Å². The first kappa shape index (κ1) is 12.9. The summed E-state index contributed by atoms with van der Waals surface area (Å²) in [5.74, 6) is -0.0783. The summed E-state index contributed by atoms with van der Waals surface area (Å²) < 4.78 is 0. The Balaban J connectivity index is 4.00. The molecule has 0 unspecified atom stereocenters. The van der Waals surface area contributed by atoms with Crippen molar-refractivity contribution in [3.63, 3.8) is 0 Å². The Kier molecular flexibility index (Phi) is 5.15. The van der Waals surface area contributed by atoms with Gasteiger partial charge in [-0.1, -0.05) is 13.8 Å². The lowest BCUT2D eigenvalue weighted by molar-refractivity contribution is -0.123. The second-order valence-electron chi connectivity index (χ2n) is 3.69. The van der Waals surface area contributed by atoms with Gasteiger partial charge in [-0.3, -0.25) is 4.79 Å². The summed E-state index contributed by atoms with van der Waals surface area (Å²) >= 11 is 0. The summed E-state index contributed by atoms with van der Waals surface area (Å²) in [5.41, 5.74) is 5.35. The van der Waals surface area contributed by atoms with Crippen molar-refractivity contribution < 1.29 is 9.59 Å². The van der Waals surface area contributed by atoms with Crippen molar-refractivity contribution in [3.05, 3.63) is 0 Å². The zero-order valence-electron chi connectivity index (χ0n) is 9.13. The molecule has 0 aliphatic rings. The molecule has 2 amide bonds. The topological polar surface area (TPSA) is 84.2 Å². The molecule has 0 fully saturated rings. The first-order valence-electron chi connectivity index (χ1n) is 4.71. The molecule has 5 heteroatoms. The number of hydrogen-bond acceptors (Lipinski definition) is 3. The maximum absolute atomic E-state index is 11.4. The van der Waals surface area contributed by atoms with Crippen molar-refractivity contribution in [1.29, 1.82) is 0 Å². The zero-order valence-corrected chi connectivity index (χ0v) is 9.13. The van der Waals surface area contributed by atoms with E-state index in [0.717, 1.165) is 0 Å². The number of carbonyl (C=O) groups is 2. The minimum absolute atomic E-state index is 0.00447.